The molecule has 9 heteroatoms. The van der Waals surface area contributed by atoms with Gasteiger partial charge in [-0.3, -0.25) is 4.79 Å². The van der Waals surface area contributed by atoms with Crippen LogP contribution in [-0.4, -0.2) is 43.8 Å². The Kier molecular flexibility index (Phi) is 6.21. The van der Waals surface area contributed by atoms with Gasteiger partial charge < -0.3 is 9.32 Å². The Hall–Kier alpha value is -2.23. The first-order valence-corrected chi connectivity index (χ1v) is 12.1. The number of hydrogen-bond acceptors (Lipinski definition) is 5. The molecule has 0 spiro atoms. The van der Waals surface area contributed by atoms with E-state index in [1.165, 1.54) is 12.1 Å². The molecule has 1 fully saturated rings. The monoisotopic (exact) mass is 491 g/mol. The van der Waals surface area contributed by atoms with Crippen molar-refractivity contribution < 1.29 is 17.6 Å². The van der Waals surface area contributed by atoms with Gasteiger partial charge in [-0.25, -0.2) is 18.1 Å². The van der Waals surface area contributed by atoms with Crippen LogP contribution in [0.25, 0.3) is 11.1 Å². The molecule has 30 heavy (non-hydrogen) atoms. The maximum absolute atomic E-state index is 12.5. The second-order valence-electron chi connectivity index (χ2n) is 7.28. The summed E-state index contributed by atoms with van der Waals surface area (Å²) in [4.78, 5) is 19.0. The first-order valence-electron chi connectivity index (χ1n) is 9.81. The summed E-state index contributed by atoms with van der Waals surface area (Å²) in [5, 5.41) is 0. The van der Waals surface area contributed by atoms with E-state index >= 15 is 0 Å². The average molecular weight is 492 g/mol. The van der Waals surface area contributed by atoms with Gasteiger partial charge in [0.15, 0.2) is 11.5 Å². The van der Waals surface area contributed by atoms with E-state index in [0.29, 0.717) is 13.1 Å². The van der Waals surface area contributed by atoms with E-state index in [4.69, 9.17) is 4.42 Å². The van der Waals surface area contributed by atoms with Gasteiger partial charge in [-0.15, -0.1) is 0 Å². The fourth-order valence-electron chi connectivity index (χ4n) is 3.59. The molecule has 0 unspecified atom stereocenters. The van der Waals surface area contributed by atoms with Crippen LogP contribution in [0.15, 0.2) is 62.3 Å². The number of sulfonamides is 1. The van der Waals surface area contributed by atoms with Gasteiger partial charge in [-0.1, -0.05) is 28.1 Å². The predicted molar refractivity (Wildman–Crippen MR) is 117 cm³/mol. The highest BCUT2D eigenvalue weighted by atomic mass is 79.9. The topological polar surface area (TPSA) is 92.5 Å². The summed E-state index contributed by atoms with van der Waals surface area (Å²) >= 11 is 3.28. The number of halogens is 1. The highest BCUT2D eigenvalue weighted by molar-refractivity contribution is 9.10. The molecule has 1 N–H and O–H groups in total. The fraction of sp³-hybridized carbons (Fsp3) is 0.333. The number of fused-ring (bicyclic) bond motifs is 1. The zero-order valence-electron chi connectivity index (χ0n) is 16.3. The van der Waals surface area contributed by atoms with Crippen LogP contribution in [-0.2, 0) is 14.8 Å². The molecule has 158 valence electrons. The second-order valence-corrected chi connectivity index (χ2v) is 9.96. The normalized spacial score (nSPS) is 15.6. The smallest absolute Gasteiger partial charge is 0.240 e. The van der Waals surface area contributed by atoms with E-state index in [9.17, 15) is 13.2 Å². The van der Waals surface area contributed by atoms with Crippen LogP contribution in [0, 0.1) is 0 Å². The zero-order chi connectivity index (χ0) is 21.1. The number of carbonyl (C=O) groups is 1. The molecule has 2 heterocycles. The quantitative estimate of drug-likeness (QED) is 0.567. The molecule has 0 atom stereocenters. The molecule has 1 amide bonds. The first kappa shape index (κ1) is 21.0. The highest BCUT2D eigenvalue weighted by Crippen LogP contribution is 2.30. The zero-order valence-corrected chi connectivity index (χ0v) is 18.7. The number of para-hydroxylation sites is 2. The molecule has 0 saturated carbocycles. The first-order chi connectivity index (χ1) is 14.4. The van der Waals surface area contributed by atoms with Crippen molar-refractivity contribution in [2.45, 2.75) is 30.1 Å². The number of nitrogens with one attached hydrogen (secondary N) is 1. The number of aromatic nitrogens is 1. The lowest BCUT2D eigenvalue weighted by Crippen LogP contribution is -2.39. The van der Waals surface area contributed by atoms with E-state index in [1.807, 2.05) is 24.3 Å². The Bertz CT molecular complexity index is 1100. The number of hydrogen-bond donors (Lipinski definition) is 1. The van der Waals surface area contributed by atoms with Crippen molar-refractivity contribution in [3.05, 3.63) is 58.9 Å². The van der Waals surface area contributed by atoms with E-state index in [-0.39, 0.29) is 29.7 Å². The number of oxazole rings is 1. The molecule has 0 bridgehead atoms. The van der Waals surface area contributed by atoms with Crippen molar-refractivity contribution in [3.8, 4) is 0 Å². The van der Waals surface area contributed by atoms with Gasteiger partial charge in [0.05, 0.1) is 4.90 Å². The van der Waals surface area contributed by atoms with Crippen molar-refractivity contribution in [1.82, 2.24) is 14.6 Å². The number of nitrogens with zero attached hydrogens (tertiary/aromatic N) is 2. The Morgan fingerprint density at radius 1 is 1.13 bits per heavy atom. The number of rotatable bonds is 6. The van der Waals surface area contributed by atoms with Gasteiger partial charge in [0, 0.05) is 36.4 Å². The second kappa shape index (κ2) is 8.87. The fourth-order valence-corrected chi connectivity index (χ4v) is 4.88. The number of benzene rings is 2. The van der Waals surface area contributed by atoms with E-state index in [2.05, 4.69) is 25.6 Å². The molecule has 3 aromatic rings. The molecule has 4 rings (SSSR count). The highest BCUT2D eigenvalue weighted by Gasteiger charge is 2.27. The molecule has 2 aromatic carbocycles. The summed E-state index contributed by atoms with van der Waals surface area (Å²) in [6, 6.07) is 14.1. The molecular formula is C21H22BrN3O4S. The lowest BCUT2D eigenvalue weighted by Gasteiger charge is -2.30. The molecule has 0 radical (unpaired) electrons. The van der Waals surface area contributed by atoms with Crippen LogP contribution < -0.4 is 4.72 Å². The van der Waals surface area contributed by atoms with E-state index < -0.39 is 10.0 Å². The molecule has 1 aliphatic heterocycles. The summed E-state index contributed by atoms with van der Waals surface area (Å²) < 4.78 is 33.8. The van der Waals surface area contributed by atoms with Crippen LogP contribution in [0.3, 0.4) is 0 Å². The molecule has 7 nitrogen and oxygen atoms in total. The minimum atomic E-state index is -3.62. The molecule has 1 aromatic heterocycles. The van der Waals surface area contributed by atoms with Crippen molar-refractivity contribution in [1.29, 1.82) is 0 Å². The van der Waals surface area contributed by atoms with Crippen molar-refractivity contribution in [2.75, 3.05) is 19.6 Å². The summed E-state index contributed by atoms with van der Waals surface area (Å²) in [5.74, 6) is 0.868. The van der Waals surface area contributed by atoms with Gasteiger partial charge in [0.25, 0.3) is 0 Å². The Morgan fingerprint density at radius 2 is 1.83 bits per heavy atom. The van der Waals surface area contributed by atoms with E-state index in [1.54, 1.807) is 17.0 Å². The van der Waals surface area contributed by atoms with Crippen molar-refractivity contribution >= 4 is 43.0 Å². The van der Waals surface area contributed by atoms with Crippen LogP contribution in [0.1, 0.15) is 31.1 Å². The minimum Gasteiger partial charge on any atom is -0.440 e. The van der Waals surface area contributed by atoms with Gasteiger partial charge in [0.1, 0.15) is 5.52 Å². The van der Waals surface area contributed by atoms with Gasteiger partial charge >= 0.3 is 0 Å². The summed E-state index contributed by atoms with van der Waals surface area (Å²) in [6.07, 6.45) is 1.69. The third kappa shape index (κ3) is 4.74. The van der Waals surface area contributed by atoms with Crippen LogP contribution >= 0.6 is 15.9 Å². The largest absolute Gasteiger partial charge is 0.440 e. The Balaban J connectivity index is 1.26. The standard InChI is InChI=1S/C21H22BrN3O4S/c22-16-5-7-17(8-6-16)30(27,28)23-12-9-20(26)25-13-10-15(11-14-25)21-24-18-3-1-2-4-19(18)29-21/h1-8,15,23H,9-14H2. The van der Waals surface area contributed by atoms with Gasteiger partial charge in [0.2, 0.25) is 15.9 Å². The number of piperidine rings is 1. The maximum Gasteiger partial charge on any atom is 0.240 e. The lowest BCUT2D eigenvalue weighted by molar-refractivity contribution is -0.132. The van der Waals surface area contributed by atoms with Crippen molar-refractivity contribution in [3.63, 3.8) is 0 Å². The average Bonchev–Trinajstić information content (AvgIpc) is 3.18. The molecule has 1 saturated heterocycles. The number of amides is 1. The summed E-state index contributed by atoms with van der Waals surface area (Å²) in [5.41, 5.74) is 1.63. The third-order valence-electron chi connectivity index (χ3n) is 5.26. The predicted octanol–water partition coefficient (Wildman–Crippen LogP) is 3.66. The van der Waals surface area contributed by atoms with Crippen LogP contribution in [0.4, 0.5) is 0 Å². The van der Waals surface area contributed by atoms with Crippen LogP contribution in [0.2, 0.25) is 0 Å². The molecule has 0 aliphatic carbocycles. The molecule has 1 aliphatic rings. The van der Waals surface area contributed by atoms with E-state index in [0.717, 1.165) is 34.3 Å². The SMILES string of the molecule is O=C(CCNS(=O)(=O)c1ccc(Br)cc1)N1CCC(c2nc3ccccc3o2)CC1. The number of carbonyl (C=O) groups excluding carboxylic acids is 1. The Morgan fingerprint density at radius 3 is 2.53 bits per heavy atom. The van der Waals surface area contributed by atoms with Crippen molar-refractivity contribution in [2.24, 2.45) is 0 Å². The summed E-state index contributed by atoms with van der Waals surface area (Å²) in [7, 11) is -3.62. The molecular weight excluding hydrogens is 470 g/mol. The third-order valence-corrected chi connectivity index (χ3v) is 7.27. The Labute approximate surface area is 183 Å². The van der Waals surface area contributed by atoms with Gasteiger partial charge in [-0.05, 0) is 49.2 Å². The van der Waals surface area contributed by atoms with Crippen LogP contribution in [0.5, 0.6) is 0 Å². The lowest BCUT2D eigenvalue weighted by atomic mass is 9.96. The maximum atomic E-state index is 12.5. The summed E-state index contributed by atoms with van der Waals surface area (Å²) in [6.45, 7) is 1.30. The minimum absolute atomic E-state index is 0.0514. The van der Waals surface area contributed by atoms with Gasteiger partial charge in [-0.2, -0.15) is 0 Å². The number of likely N-dealkylation sites (tertiary alicyclic amines) is 1.